The van der Waals surface area contributed by atoms with Gasteiger partial charge in [0.1, 0.15) is 11.3 Å². The summed E-state index contributed by atoms with van der Waals surface area (Å²) in [6.45, 7) is 0.572. The maximum absolute atomic E-state index is 6.03. The van der Waals surface area contributed by atoms with E-state index in [1.165, 1.54) is 0 Å². The van der Waals surface area contributed by atoms with Gasteiger partial charge < -0.3 is 14.1 Å². The van der Waals surface area contributed by atoms with Gasteiger partial charge in [-0.25, -0.2) is 4.98 Å². The van der Waals surface area contributed by atoms with Gasteiger partial charge in [0.15, 0.2) is 11.4 Å². The van der Waals surface area contributed by atoms with Crippen LogP contribution in [0.5, 0.6) is 5.75 Å². The molecule has 2 aromatic heterocycles. The van der Waals surface area contributed by atoms with Crippen molar-refractivity contribution in [2.75, 3.05) is 18.6 Å². The van der Waals surface area contributed by atoms with Crippen LogP contribution in [0.15, 0.2) is 39.9 Å². The second-order valence-corrected chi connectivity index (χ2v) is 5.07. The van der Waals surface area contributed by atoms with Crippen LogP contribution < -0.4 is 9.64 Å². The molecule has 0 amide bonds. The summed E-state index contributed by atoms with van der Waals surface area (Å²) >= 11 is 6.03. The third-order valence-electron chi connectivity index (χ3n) is 3.48. The summed E-state index contributed by atoms with van der Waals surface area (Å²) in [6, 6.07) is 7.46. The lowest BCUT2D eigenvalue weighted by atomic mass is 10.2. The van der Waals surface area contributed by atoms with E-state index in [4.69, 9.17) is 20.8 Å². The molecule has 0 N–H and O–H groups in total. The Hall–Kier alpha value is -2.60. The van der Waals surface area contributed by atoms with E-state index in [0.717, 1.165) is 17.1 Å². The average Bonchev–Trinajstić information content (AvgIpc) is 3.01. The van der Waals surface area contributed by atoms with Crippen molar-refractivity contribution in [1.29, 1.82) is 0 Å². The third kappa shape index (κ3) is 2.00. The maximum Gasteiger partial charge on any atom is 0.225 e. The van der Waals surface area contributed by atoms with E-state index in [9.17, 15) is 0 Å². The zero-order valence-corrected chi connectivity index (χ0v) is 12.4. The van der Waals surface area contributed by atoms with Gasteiger partial charge in [0, 0.05) is 18.3 Å². The number of aromatic nitrogens is 2. The predicted molar refractivity (Wildman–Crippen MR) is 85.0 cm³/mol. The highest BCUT2D eigenvalue weighted by atomic mass is 35.5. The minimum Gasteiger partial charge on any atom is -0.497 e. The van der Waals surface area contributed by atoms with Crippen molar-refractivity contribution in [3.63, 3.8) is 0 Å². The van der Waals surface area contributed by atoms with Crippen molar-refractivity contribution < 1.29 is 9.15 Å². The lowest BCUT2D eigenvalue weighted by Gasteiger charge is -2.26. The minimum atomic E-state index is 0.182. The molecule has 3 aromatic rings. The van der Waals surface area contributed by atoms with E-state index in [-0.39, 0.29) is 5.28 Å². The number of fused-ring (bicyclic) bond motifs is 2. The Morgan fingerprint density at radius 1 is 1.27 bits per heavy atom. The Balaban J connectivity index is 1.90. The monoisotopic (exact) mass is 314 g/mol. The van der Waals surface area contributed by atoms with Gasteiger partial charge in [0.2, 0.25) is 5.28 Å². The molecule has 7 heteroatoms. The van der Waals surface area contributed by atoms with Crippen LogP contribution in [-0.4, -0.2) is 29.8 Å². The molecule has 0 bridgehead atoms. The number of benzene rings is 1. The first kappa shape index (κ1) is 13.1. The molecule has 0 fully saturated rings. The molecule has 1 aliphatic rings. The average molecular weight is 315 g/mol. The van der Waals surface area contributed by atoms with Gasteiger partial charge in [-0.05, 0) is 23.7 Å². The van der Waals surface area contributed by atoms with E-state index < -0.39 is 0 Å². The number of hydrogen-bond acceptors (Lipinski definition) is 6. The molecule has 4 rings (SSSR count). The summed E-state index contributed by atoms with van der Waals surface area (Å²) in [7, 11) is 1.63. The number of methoxy groups -OCH3 is 1. The van der Waals surface area contributed by atoms with Gasteiger partial charge in [-0.1, -0.05) is 0 Å². The number of hydrogen-bond donors (Lipinski definition) is 0. The number of halogens is 1. The Labute approximate surface area is 131 Å². The van der Waals surface area contributed by atoms with Gasteiger partial charge in [-0.3, -0.25) is 4.99 Å². The van der Waals surface area contributed by atoms with Crippen LogP contribution in [0.2, 0.25) is 5.28 Å². The summed E-state index contributed by atoms with van der Waals surface area (Å²) in [4.78, 5) is 14.9. The fourth-order valence-corrected chi connectivity index (χ4v) is 2.66. The van der Waals surface area contributed by atoms with Crippen molar-refractivity contribution in [2.24, 2.45) is 4.99 Å². The van der Waals surface area contributed by atoms with Crippen molar-refractivity contribution in [2.45, 2.75) is 0 Å². The van der Waals surface area contributed by atoms with Crippen LogP contribution in [0.4, 0.5) is 17.2 Å². The molecule has 1 aliphatic heterocycles. The SMILES string of the molecule is COc1ccc2c(c1)N=CCN2c1nc(Cl)nc2ccoc12. The van der Waals surface area contributed by atoms with Gasteiger partial charge in [-0.15, -0.1) is 0 Å². The zero-order chi connectivity index (χ0) is 15.1. The number of ether oxygens (including phenoxy) is 1. The van der Waals surface area contributed by atoms with Crippen LogP contribution in [0, 0.1) is 0 Å². The van der Waals surface area contributed by atoms with Gasteiger partial charge >= 0.3 is 0 Å². The van der Waals surface area contributed by atoms with E-state index >= 15 is 0 Å². The first-order valence-electron chi connectivity index (χ1n) is 6.65. The summed E-state index contributed by atoms with van der Waals surface area (Å²) in [5.41, 5.74) is 2.99. The van der Waals surface area contributed by atoms with E-state index in [2.05, 4.69) is 15.0 Å². The summed E-state index contributed by atoms with van der Waals surface area (Å²) < 4.78 is 10.8. The first-order valence-corrected chi connectivity index (χ1v) is 7.03. The van der Waals surface area contributed by atoms with Crippen molar-refractivity contribution >= 4 is 46.1 Å². The van der Waals surface area contributed by atoms with Gasteiger partial charge in [0.25, 0.3) is 0 Å². The molecule has 6 nitrogen and oxygen atoms in total. The second kappa shape index (κ2) is 4.99. The minimum absolute atomic E-state index is 0.182. The smallest absolute Gasteiger partial charge is 0.225 e. The summed E-state index contributed by atoms with van der Waals surface area (Å²) in [5.74, 6) is 1.37. The highest BCUT2D eigenvalue weighted by Gasteiger charge is 2.22. The van der Waals surface area contributed by atoms with Crippen LogP contribution in [0.3, 0.4) is 0 Å². The Morgan fingerprint density at radius 3 is 3.05 bits per heavy atom. The molecule has 1 aromatic carbocycles. The number of aliphatic imine (C=N–C) groups is 1. The number of furan rings is 1. The molecule has 0 saturated heterocycles. The predicted octanol–water partition coefficient (Wildman–Crippen LogP) is 3.74. The quantitative estimate of drug-likeness (QED) is 0.674. The van der Waals surface area contributed by atoms with Crippen LogP contribution in [-0.2, 0) is 0 Å². The molecule has 0 unspecified atom stereocenters. The Bertz CT molecular complexity index is 890. The number of nitrogens with zero attached hydrogens (tertiary/aromatic N) is 4. The van der Waals surface area contributed by atoms with E-state index in [1.54, 1.807) is 19.4 Å². The van der Waals surface area contributed by atoms with Gasteiger partial charge in [-0.2, -0.15) is 4.98 Å². The van der Waals surface area contributed by atoms with E-state index in [1.807, 2.05) is 29.3 Å². The molecular weight excluding hydrogens is 304 g/mol. The standard InChI is InChI=1S/C15H11ClN4O2/c1-21-9-2-3-12-11(8-9)17-5-6-20(12)14-13-10(4-7-22-13)18-15(16)19-14/h2-5,7-8H,6H2,1H3. The molecule has 3 heterocycles. The number of rotatable bonds is 2. The fourth-order valence-electron chi connectivity index (χ4n) is 2.48. The summed E-state index contributed by atoms with van der Waals surface area (Å²) in [5, 5.41) is 0.182. The van der Waals surface area contributed by atoms with Gasteiger partial charge in [0.05, 0.1) is 31.3 Å². The fraction of sp³-hybridized carbons (Fsp3) is 0.133. The molecule has 0 radical (unpaired) electrons. The topological polar surface area (TPSA) is 63.8 Å². The number of anilines is 2. The highest BCUT2D eigenvalue weighted by molar-refractivity contribution is 6.28. The largest absolute Gasteiger partial charge is 0.497 e. The molecule has 0 spiro atoms. The molecule has 22 heavy (non-hydrogen) atoms. The normalized spacial score (nSPS) is 13.5. The lowest BCUT2D eigenvalue weighted by Crippen LogP contribution is -2.23. The second-order valence-electron chi connectivity index (χ2n) is 4.73. The lowest BCUT2D eigenvalue weighted by molar-refractivity contribution is 0.415. The zero-order valence-electron chi connectivity index (χ0n) is 11.7. The Morgan fingerprint density at radius 2 is 2.18 bits per heavy atom. The van der Waals surface area contributed by atoms with Crippen LogP contribution in [0.25, 0.3) is 11.1 Å². The highest BCUT2D eigenvalue weighted by Crippen LogP contribution is 2.40. The van der Waals surface area contributed by atoms with Crippen LogP contribution in [0.1, 0.15) is 0 Å². The molecule has 0 saturated carbocycles. The van der Waals surface area contributed by atoms with Crippen molar-refractivity contribution in [3.8, 4) is 5.75 Å². The molecule has 110 valence electrons. The summed E-state index contributed by atoms with van der Waals surface area (Å²) in [6.07, 6.45) is 3.39. The Kier molecular flexibility index (Phi) is 2.97. The molecule has 0 aliphatic carbocycles. The maximum atomic E-state index is 6.03. The van der Waals surface area contributed by atoms with Crippen molar-refractivity contribution in [1.82, 2.24) is 9.97 Å². The van der Waals surface area contributed by atoms with E-state index in [0.29, 0.717) is 23.5 Å². The third-order valence-corrected chi connectivity index (χ3v) is 3.65. The van der Waals surface area contributed by atoms with Crippen molar-refractivity contribution in [3.05, 3.63) is 35.8 Å². The molecule has 0 atom stereocenters. The van der Waals surface area contributed by atoms with Crippen LogP contribution >= 0.6 is 11.6 Å². The first-order chi connectivity index (χ1) is 10.8. The molecular formula is C15H11ClN4O2.